The smallest absolute Gasteiger partial charge is 0.236 e. The Bertz CT molecular complexity index is 589. The van der Waals surface area contributed by atoms with Gasteiger partial charge in [-0.25, -0.2) is 9.82 Å². The van der Waals surface area contributed by atoms with Crippen LogP contribution in [0.2, 0.25) is 0 Å². The Morgan fingerprint density at radius 3 is 2.83 bits per heavy atom. The molecule has 4 nitrogen and oxygen atoms in total. The molecule has 0 saturated heterocycles. The first-order chi connectivity index (χ1) is 8.68. The van der Waals surface area contributed by atoms with Crippen molar-refractivity contribution in [2.75, 3.05) is 0 Å². The lowest BCUT2D eigenvalue weighted by Gasteiger charge is -2.06. The summed E-state index contributed by atoms with van der Waals surface area (Å²) < 4.78 is 15.3. The summed E-state index contributed by atoms with van der Waals surface area (Å²) in [6.07, 6.45) is 3.20. The number of carbonyl (C=O) groups is 1. The third kappa shape index (κ3) is 2.63. The number of benzene rings is 1. The van der Waals surface area contributed by atoms with Crippen molar-refractivity contribution in [1.82, 2.24) is 9.99 Å². The van der Waals surface area contributed by atoms with Crippen LogP contribution in [-0.2, 0) is 4.79 Å². The molecule has 0 unspecified atom stereocenters. The van der Waals surface area contributed by atoms with Gasteiger partial charge < -0.3 is 4.57 Å². The number of para-hydroxylation sites is 1. The van der Waals surface area contributed by atoms with Crippen molar-refractivity contribution >= 4 is 12.1 Å². The minimum Gasteiger partial charge on any atom is -0.313 e. The van der Waals surface area contributed by atoms with E-state index in [1.165, 1.54) is 19.2 Å². The highest BCUT2D eigenvalue weighted by Gasteiger charge is 2.05. The van der Waals surface area contributed by atoms with Crippen molar-refractivity contribution in [1.29, 1.82) is 0 Å². The summed E-state index contributed by atoms with van der Waals surface area (Å²) in [7, 11) is 0. The molecule has 0 atom stereocenters. The summed E-state index contributed by atoms with van der Waals surface area (Å²) in [6, 6.07) is 10.0. The Kier molecular flexibility index (Phi) is 3.52. The lowest BCUT2D eigenvalue weighted by molar-refractivity contribution is -0.118. The first-order valence-corrected chi connectivity index (χ1v) is 5.40. The predicted octanol–water partition coefficient (Wildman–Crippen LogP) is 2.09. The molecule has 2 aromatic rings. The van der Waals surface area contributed by atoms with Gasteiger partial charge in [0, 0.05) is 13.1 Å². The van der Waals surface area contributed by atoms with Crippen molar-refractivity contribution in [3.63, 3.8) is 0 Å². The summed E-state index contributed by atoms with van der Waals surface area (Å²) in [5.74, 6) is -0.571. The molecule has 0 fully saturated rings. The largest absolute Gasteiger partial charge is 0.313 e. The van der Waals surface area contributed by atoms with E-state index in [0.29, 0.717) is 11.4 Å². The van der Waals surface area contributed by atoms with E-state index in [9.17, 15) is 9.18 Å². The van der Waals surface area contributed by atoms with Crippen LogP contribution in [0, 0.1) is 5.82 Å². The number of hydrogen-bond donors (Lipinski definition) is 1. The molecule has 1 aromatic carbocycles. The standard InChI is InChI=1S/C13H12FN3O/c1-10(18)16-15-9-11-5-4-8-17(11)13-7-3-2-6-12(13)14/h2-9H,1H3,(H,16,18)/b15-9+. The zero-order valence-corrected chi connectivity index (χ0v) is 9.80. The van der Waals surface area contributed by atoms with E-state index in [0.717, 1.165) is 0 Å². The number of aromatic nitrogens is 1. The maximum atomic E-state index is 13.6. The Labute approximate surface area is 104 Å². The third-order valence-corrected chi connectivity index (χ3v) is 2.31. The van der Waals surface area contributed by atoms with Gasteiger partial charge in [0.05, 0.1) is 17.6 Å². The monoisotopic (exact) mass is 245 g/mol. The molecule has 1 heterocycles. The van der Waals surface area contributed by atoms with Gasteiger partial charge in [-0.2, -0.15) is 5.10 Å². The minimum absolute atomic E-state index is 0.254. The SMILES string of the molecule is CC(=O)N/N=C/c1cccn1-c1ccccc1F. The molecular formula is C13H12FN3O. The Balaban J connectivity index is 2.31. The molecule has 18 heavy (non-hydrogen) atoms. The van der Waals surface area contributed by atoms with E-state index < -0.39 is 0 Å². The molecule has 0 aliphatic carbocycles. The Hall–Kier alpha value is -2.43. The van der Waals surface area contributed by atoms with E-state index in [1.54, 1.807) is 41.1 Å². The number of halogens is 1. The van der Waals surface area contributed by atoms with Crippen LogP contribution in [0.25, 0.3) is 5.69 Å². The van der Waals surface area contributed by atoms with Crippen molar-refractivity contribution < 1.29 is 9.18 Å². The van der Waals surface area contributed by atoms with Crippen LogP contribution in [0.15, 0.2) is 47.7 Å². The molecule has 2 rings (SSSR count). The highest BCUT2D eigenvalue weighted by Crippen LogP contribution is 2.15. The van der Waals surface area contributed by atoms with Crippen LogP contribution in [0.3, 0.4) is 0 Å². The summed E-state index contributed by atoms with van der Waals surface area (Å²) in [4.78, 5) is 10.7. The van der Waals surface area contributed by atoms with E-state index in [2.05, 4.69) is 10.5 Å². The fourth-order valence-corrected chi connectivity index (χ4v) is 1.56. The molecule has 0 bridgehead atoms. The average molecular weight is 245 g/mol. The number of hydrogen-bond acceptors (Lipinski definition) is 2. The molecule has 1 N–H and O–H groups in total. The number of nitrogens with zero attached hydrogens (tertiary/aromatic N) is 2. The Morgan fingerprint density at radius 1 is 1.33 bits per heavy atom. The number of nitrogens with one attached hydrogen (secondary N) is 1. The summed E-state index contributed by atoms with van der Waals surface area (Å²) in [6.45, 7) is 1.37. The summed E-state index contributed by atoms with van der Waals surface area (Å²) in [5.41, 5.74) is 3.41. The molecule has 0 aliphatic rings. The van der Waals surface area contributed by atoms with Crippen LogP contribution in [0.1, 0.15) is 12.6 Å². The van der Waals surface area contributed by atoms with Crippen LogP contribution >= 0.6 is 0 Å². The van der Waals surface area contributed by atoms with Crippen molar-refractivity contribution in [3.8, 4) is 5.69 Å². The molecule has 0 aliphatic heterocycles. The molecule has 0 saturated carbocycles. The van der Waals surface area contributed by atoms with Gasteiger partial charge in [-0.05, 0) is 24.3 Å². The third-order valence-electron chi connectivity index (χ3n) is 2.31. The lowest BCUT2D eigenvalue weighted by atomic mass is 10.3. The van der Waals surface area contributed by atoms with E-state index >= 15 is 0 Å². The average Bonchev–Trinajstić information content (AvgIpc) is 2.77. The second-order valence-electron chi connectivity index (χ2n) is 3.68. The first kappa shape index (κ1) is 12.0. The maximum absolute atomic E-state index is 13.6. The van der Waals surface area contributed by atoms with Gasteiger partial charge in [-0.1, -0.05) is 12.1 Å². The molecule has 1 amide bonds. The van der Waals surface area contributed by atoms with Gasteiger partial charge in [-0.3, -0.25) is 4.79 Å². The highest BCUT2D eigenvalue weighted by atomic mass is 19.1. The first-order valence-electron chi connectivity index (χ1n) is 5.40. The second-order valence-corrected chi connectivity index (χ2v) is 3.68. The summed E-state index contributed by atoms with van der Waals surface area (Å²) >= 11 is 0. The fraction of sp³-hybridized carbons (Fsp3) is 0.0769. The highest BCUT2D eigenvalue weighted by molar-refractivity contribution is 5.81. The number of rotatable bonds is 3. The van der Waals surface area contributed by atoms with Crippen LogP contribution < -0.4 is 5.43 Å². The van der Waals surface area contributed by atoms with E-state index in [1.807, 2.05) is 0 Å². The van der Waals surface area contributed by atoms with Crippen molar-refractivity contribution in [2.45, 2.75) is 6.92 Å². The van der Waals surface area contributed by atoms with Gasteiger partial charge in [0.1, 0.15) is 5.82 Å². The van der Waals surface area contributed by atoms with Crippen LogP contribution in [0.4, 0.5) is 4.39 Å². The molecule has 1 aromatic heterocycles. The van der Waals surface area contributed by atoms with Crippen molar-refractivity contribution in [3.05, 3.63) is 54.1 Å². The zero-order valence-electron chi connectivity index (χ0n) is 9.80. The van der Waals surface area contributed by atoms with Crippen molar-refractivity contribution in [2.24, 2.45) is 5.10 Å². The number of carbonyl (C=O) groups excluding carboxylic acids is 1. The quantitative estimate of drug-likeness (QED) is 0.653. The second kappa shape index (κ2) is 5.27. The normalized spacial score (nSPS) is 10.8. The number of hydrazone groups is 1. The Morgan fingerprint density at radius 2 is 2.11 bits per heavy atom. The molecule has 0 spiro atoms. The van der Waals surface area contributed by atoms with Gasteiger partial charge in [0.2, 0.25) is 5.91 Å². The van der Waals surface area contributed by atoms with Gasteiger partial charge in [-0.15, -0.1) is 0 Å². The lowest BCUT2D eigenvalue weighted by Crippen LogP contribution is -2.13. The van der Waals surface area contributed by atoms with Gasteiger partial charge >= 0.3 is 0 Å². The van der Waals surface area contributed by atoms with E-state index in [4.69, 9.17) is 0 Å². The van der Waals surface area contributed by atoms with E-state index in [-0.39, 0.29) is 11.7 Å². The topological polar surface area (TPSA) is 46.4 Å². The van der Waals surface area contributed by atoms with Gasteiger partial charge in [0.15, 0.2) is 0 Å². The summed E-state index contributed by atoms with van der Waals surface area (Å²) in [5, 5.41) is 3.76. The molecular weight excluding hydrogens is 233 g/mol. The maximum Gasteiger partial charge on any atom is 0.236 e. The molecule has 0 radical (unpaired) electrons. The van der Waals surface area contributed by atoms with Gasteiger partial charge in [0.25, 0.3) is 0 Å². The molecule has 92 valence electrons. The zero-order chi connectivity index (χ0) is 13.0. The predicted molar refractivity (Wildman–Crippen MR) is 67.1 cm³/mol. The van der Waals surface area contributed by atoms with Crippen LogP contribution in [0.5, 0.6) is 0 Å². The minimum atomic E-state index is -0.317. The van der Waals surface area contributed by atoms with Crippen LogP contribution in [-0.4, -0.2) is 16.7 Å². The number of amides is 1. The molecule has 5 heteroatoms. The fourth-order valence-electron chi connectivity index (χ4n) is 1.56.